The highest BCUT2D eigenvalue weighted by atomic mass is 15.2. The molecule has 2 heterocycles. The maximum absolute atomic E-state index is 2.45. The predicted molar refractivity (Wildman–Crippen MR) is 423 cm³/mol. The fourth-order valence-electron chi connectivity index (χ4n) is 15.0. The highest BCUT2D eigenvalue weighted by molar-refractivity contribution is 6.13. The van der Waals surface area contributed by atoms with Crippen molar-refractivity contribution in [2.24, 2.45) is 0 Å². The molecule has 0 saturated heterocycles. The first kappa shape index (κ1) is 59.2. The molecule has 100 heavy (non-hydrogen) atoms. The highest BCUT2D eigenvalue weighted by Crippen LogP contribution is 2.49. The Morgan fingerprint density at radius 1 is 0.160 bits per heavy atom. The second kappa shape index (κ2) is 25.7. The van der Waals surface area contributed by atoms with Crippen molar-refractivity contribution >= 4 is 77.7 Å². The molecule has 0 atom stereocenters. The summed E-state index contributed by atoms with van der Waals surface area (Å²) >= 11 is 0. The van der Waals surface area contributed by atoms with Crippen LogP contribution in [0.4, 0.5) is 34.1 Å². The highest BCUT2D eigenvalue weighted by Gasteiger charge is 2.25. The lowest BCUT2D eigenvalue weighted by atomic mass is 9.86. The van der Waals surface area contributed by atoms with Crippen molar-refractivity contribution in [3.63, 3.8) is 0 Å². The van der Waals surface area contributed by atoms with Gasteiger partial charge in [-0.3, -0.25) is 0 Å². The van der Waals surface area contributed by atoms with Gasteiger partial charge in [-0.1, -0.05) is 273 Å². The van der Waals surface area contributed by atoms with Gasteiger partial charge in [0, 0.05) is 67.0 Å². The first-order valence-corrected chi connectivity index (χ1v) is 34.3. The second-order valence-corrected chi connectivity index (χ2v) is 25.6. The van der Waals surface area contributed by atoms with Gasteiger partial charge in [0.15, 0.2) is 0 Å². The van der Waals surface area contributed by atoms with E-state index in [0.717, 1.165) is 118 Å². The topological polar surface area (TPSA) is 16.3 Å². The number of para-hydroxylation sites is 4. The van der Waals surface area contributed by atoms with Crippen LogP contribution >= 0.6 is 0 Å². The molecule has 0 amide bonds. The van der Waals surface area contributed by atoms with Crippen LogP contribution in [-0.4, -0.2) is 9.13 Å². The van der Waals surface area contributed by atoms with Gasteiger partial charge in [0.2, 0.25) is 0 Å². The van der Waals surface area contributed by atoms with Crippen LogP contribution < -0.4 is 9.80 Å². The molecule has 0 aliphatic carbocycles. The molecule has 470 valence electrons. The Morgan fingerprint density at radius 2 is 0.440 bits per heavy atom. The molecule has 2 aromatic heterocycles. The average molecular weight is 1280 g/mol. The lowest BCUT2D eigenvalue weighted by molar-refractivity contribution is 1.18. The monoisotopic (exact) mass is 1270 g/mol. The van der Waals surface area contributed by atoms with Crippen molar-refractivity contribution in [3.8, 4) is 89.3 Å². The number of hydrogen-bond acceptors (Lipinski definition) is 2. The molecule has 16 aromatic carbocycles. The molecule has 0 fully saturated rings. The fraction of sp³-hybridized carbons (Fsp3) is 0. The molecule has 4 heteroatoms. The van der Waals surface area contributed by atoms with Crippen molar-refractivity contribution in [3.05, 3.63) is 400 Å². The summed E-state index contributed by atoms with van der Waals surface area (Å²) in [6.07, 6.45) is 0. The summed E-state index contributed by atoms with van der Waals surface area (Å²) in [5.74, 6) is 0. The molecule has 0 saturated carbocycles. The Bertz CT molecular complexity index is 5600. The van der Waals surface area contributed by atoms with Crippen LogP contribution in [0.2, 0.25) is 0 Å². The molecular weight excluding hydrogens is 1210 g/mol. The van der Waals surface area contributed by atoms with Crippen molar-refractivity contribution in [2.45, 2.75) is 0 Å². The van der Waals surface area contributed by atoms with Gasteiger partial charge in [0.25, 0.3) is 0 Å². The number of nitrogens with zero attached hydrogens (tertiary/aromatic N) is 4. The van der Waals surface area contributed by atoms with Crippen LogP contribution in [0.25, 0.3) is 133 Å². The minimum absolute atomic E-state index is 0.993. The van der Waals surface area contributed by atoms with E-state index in [2.05, 4.69) is 419 Å². The molecule has 0 unspecified atom stereocenters. The van der Waals surface area contributed by atoms with E-state index in [1.807, 2.05) is 0 Å². The van der Waals surface area contributed by atoms with Gasteiger partial charge in [0.05, 0.1) is 22.1 Å². The third kappa shape index (κ3) is 11.0. The van der Waals surface area contributed by atoms with E-state index in [9.17, 15) is 0 Å². The average Bonchev–Trinajstić information content (AvgIpc) is 1.46. The van der Waals surface area contributed by atoms with Crippen molar-refractivity contribution in [1.82, 2.24) is 9.13 Å². The van der Waals surface area contributed by atoms with E-state index in [-0.39, 0.29) is 0 Å². The molecule has 0 aliphatic heterocycles. The molecule has 4 nitrogen and oxygen atoms in total. The maximum Gasteiger partial charge on any atom is 0.0541 e. The van der Waals surface area contributed by atoms with E-state index >= 15 is 0 Å². The summed E-state index contributed by atoms with van der Waals surface area (Å²) in [6, 6.07) is 147. The van der Waals surface area contributed by atoms with Gasteiger partial charge in [-0.15, -0.1) is 0 Å². The summed E-state index contributed by atoms with van der Waals surface area (Å²) in [5.41, 5.74) is 28.9. The normalized spacial score (nSPS) is 11.4. The molecule has 0 spiro atoms. The zero-order valence-electron chi connectivity index (χ0n) is 54.9. The first-order valence-electron chi connectivity index (χ1n) is 34.3. The predicted octanol–water partition coefficient (Wildman–Crippen LogP) is 26.5. The van der Waals surface area contributed by atoms with E-state index in [0.29, 0.717) is 0 Å². The number of benzene rings is 16. The summed E-state index contributed by atoms with van der Waals surface area (Å²) in [5, 5.41) is 4.77. The van der Waals surface area contributed by atoms with Gasteiger partial charge in [-0.05, 0) is 205 Å². The van der Waals surface area contributed by atoms with Crippen LogP contribution in [-0.2, 0) is 0 Å². The van der Waals surface area contributed by atoms with Crippen molar-refractivity contribution in [1.29, 1.82) is 0 Å². The summed E-state index contributed by atoms with van der Waals surface area (Å²) < 4.78 is 4.82. The van der Waals surface area contributed by atoms with Crippen LogP contribution in [0.15, 0.2) is 400 Å². The Kier molecular flexibility index (Phi) is 15.2. The Balaban J connectivity index is 0.916. The number of hydrogen-bond donors (Lipinski definition) is 0. The fourth-order valence-corrected chi connectivity index (χ4v) is 15.0. The maximum atomic E-state index is 2.45. The molecule has 0 aliphatic rings. The Hall–Kier alpha value is -13.3. The second-order valence-electron chi connectivity index (χ2n) is 25.6. The van der Waals surface area contributed by atoms with E-state index in [1.165, 1.54) is 49.3 Å². The van der Waals surface area contributed by atoms with Gasteiger partial charge in [0.1, 0.15) is 0 Å². The minimum atomic E-state index is 0.993. The van der Waals surface area contributed by atoms with Gasteiger partial charge >= 0.3 is 0 Å². The standard InChI is InChI=1S/C96H66N4/c1-7-24-67(25-8-1)71-42-52-80(53-43-71)97(81-54-44-72(45-55-81)68-26-9-2-10-27-68)84-62-77(63-85(66-84)98(82-56-46-73(47-57-82)69-28-11-3-12-29-69)83-58-48-74(49-59-83)70-30-13-4-14-31-70)87-39-23-38-86(75-50-60-94-90(64-75)88-36-19-21-40-92(88)99(94)78-32-15-5-16-33-78)96(87)76-51-61-95-91(65-76)89-37-20-22-41-93(89)100(95)79-34-17-6-18-35-79/h1-66H. The Morgan fingerprint density at radius 3 is 0.810 bits per heavy atom. The van der Waals surface area contributed by atoms with Crippen LogP contribution in [0.5, 0.6) is 0 Å². The lowest BCUT2D eigenvalue weighted by Crippen LogP contribution is -2.14. The SMILES string of the molecule is c1ccc(-c2ccc(N(c3ccc(-c4ccccc4)cc3)c3cc(-c4cccc(-c5ccc6c(c5)c5ccccc5n6-c5ccccc5)c4-c4ccc5c(c4)c4ccccc4n5-c4ccccc4)cc(N(c4ccc(-c5ccccc5)cc4)c4ccc(-c5ccccc5)cc4)c3)cc2)cc1. The summed E-state index contributed by atoms with van der Waals surface area (Å²) in [7, 11) is 0. The van der Waals surface area contributed by atoms with Gasteiger partial charge < -0.3 is 18.9 Å². The van der Waals surface area contributed by atoms with Crippen LogP contribution in [0.3, 0.4) is 0 Å². The van der Waals surface area contributed by atoms with E-state index < -0.39 is 0 Å². The number of anilines is 6. The van der Waals surface area contributed by atoms with Crippen molar-refractivity contribution in [2.75, 3.05) is 9.80 Å². The molecule has 0 radical (unpaired) electrons. The zero-order chi connectivity index (χ0) is 66.3. The first-order chi connectivity index (χ1) is 49.6. The molecule has 18 rings (SSSR count). The summed E-state index contributed by atoms with van der Waals surface area (Å²) in [4.78, 5) is 4.88. The smallest absolute Gasteiger partial charge is 0.0541 e. The lowest BCUT2D eigenvalue weighted by Gasteiger charge is -2.31. The van der Waals surface area contributed by atoms with Gasteiger partial charge in [-0.2, -0.15) is 0 Å². The largest absolute Gasteiger partial charge is 0.310 e. The molecule has 0 N–H and O–H groups in total. The third-order valence-electron chi connectivity index (χ3n) is 19.7. The van der Waals surface area contributed by atoms with Gasteiger partial charge in [-0.25, -0.2) is 0 Å². The number of rotatable bonds is 15. The zero-order valence-corrected chi connectivity index (χ0v) is 54.9. The quantitative estimate of drug-likeness (QED) is 0.102. The third-order valence-corrected chi connectivity index (χ3v) is 19.7. The number of fused-ring (bicyclic) bond motifs is 6. The molecule has 18 aromatic rings. The Labute approximate surface area is 582 Å². The number of aromatic nitrogens is 2. The summed E-state index contributed by atoms with van der Waals surface area (Å²) in [6.45, 7) is 0. The van der Waals surface area contributed by atoms with Crippen molar-refractivity contribution < 1.29 is 0 Å². The van der Waals surface area contributed by atoms with E-state index in [1.54, 1.807) is 0 Å². The molecule has 0 bridgehead atoms. The molecular formula is C96H66N4. The van der Waals surface area contributed by atoms with Crippen LogP contribution in [0, 0.1) is 0 Å². The van der Waals surface area contributed by atoms with Crippen LogP contribution in [0.1, 0.15) is 0 Å². The van der Waals surface area contributed by atoms with E-state index in [4.69, 9.17) is 0 Å². The minimum Gasteiger partial charge on any atom is -0.310 e.